The molecule has 3 aromatic carbocycles. The highest BCUT2D eigenvalue weighted by Crippen LogP contribution is 2.37. The van der Waals surface area contributed by atoms with Gasteiger partial charge in [-0.05, 0) is 67.1 Å². The fourth-order valence-electron chi connectivity index (χ4n) is 3.43. The molecule has 36 heavy (non-hydrogen) atoms. The van der Waals surface area contributed by atoms with Gasteiger partial charge in [0.1, 0.15) is 11.4 Å². The van der Waals surface area contributed by atoms with Gasteiger partial charge in [-0.3, -0.25) is 19.8 Å². The molecule has 1 fully saturated rings. The maximum atomic E-state index is 13.0. The van der Waals surface area contributed by atoms with Gasteiger partial charge in [0.05, 0.1) is 17.3 Å². The Morgan fingerprint density at radius 2 is 1.81 bits per heavy atom. The fourth-order valence-corrected chi connectivity index (χ4v) is 3.70. The van der Waals surface area contributed by atoms with Crippen molar-refractivity contribution in [3.63, 3.8) is 0 Å². The highest BCUT2D eigenvalue weighted by Gasteiger charge is 2.34. The first-order chi connectivity index (χ1) is 17.4. The number of anilines is 2. The van der Waals surface area contributed by atoms with Crippen molar-refractivity contribution in [2.24, 2.45) is 0 Å². The van der Waals surface area contributed by atoms with E-state index in [9.17, 15) is 18.8 Å². The topological polar surface area (TPSA) is 97.0 Å². The number of carbonyl (C=O) groups excluding carboxylic acids is 3. The number of nitrogens with zero attached hydrogens (tertiary/aromatic N) is 1. The monoisotopic (exact) mass is 509 g/mol. The number of amides is 3. The van der Waals surface area contributed by atoms with Crippen LogP contribution in [0.3, 0.4) is 0 Å². The van der Waals surface area contributed by atoms with E-state index in [-0.39, 0.29) is 35.3 Å². The van der Waals surface area contributed by atoms with E-state index in [1.54, 1.807) is 43.3 Å². The van der Waals surface area contributed by atoms with Crippen LogP contribution in [-0.4, -0.2) is 30.9 Å². The van der Waals surface area contributed by atoms with E-state index in [4.69, 9.17) is 21.1 Å². The summed E-state index contributed by atoms with van der Waals surface area (Å²) in [6, 6.07) is 17.1. The third kappa shape index (κ3) is 5.64. The second kappa shape index (κ2) is 10.9. The highest BCUT2D eigenvalue weighted by atomic mass is 35.5. The molecule has 0 saturated carbocycles. The number of rotatable bonds is 8. The summed E-state index contributed by atoms with van der Waals surface area (Å²) in [5.41, 5.74) is 3.82. The number of ether oxygens (including phenoxy) is 2. The number of para-hydroxylation sites is 1. The molecule has 0 unspecified atom stereocenters. The molecule has 1 heterocycles. The predicted octanol–water partition coefficient (Wildman–Crippen LogP) is 4.36. The summed E-state index contributed by atoms with van der Waals surface area (Å²) in [4.78, 5) is 37.6. The normalized spacial score (nSPS) is 14.1. The second-order valence-corrected chi connectivity index (χ2v) is 7.99. The Bertz CT molecular complexity index is 1330. The summed E-state index contributed by atoms with van der Waals surface area (Å²) < 4.78 is 24.3. The molecule has 4 rings (SSSR count). The minimum Gasteiger partial charge on any atom is -0.490 e. The van der Waals surface area contributed by atoms with E-state index in [0.29, 0.717) is 16.9 Å². The first-order valence-corrected chi connectivity index (χ1v) is 11.3. The lowest BCUT2D eigenvalue weighted by Gasteiger charge is -2.15. The van der Waals surface area contributed by atoms with E-state index in [0.717, 1.165) is 5.01 Å². The molecule has 1 aliphatic heterocycles. The molecule has 0 aliphatic carbocycles. The molecule has 0 aromatic heterocycles. The van der Waals surface area contributed by atoms with Crippen LogP contribution in [0.2, 0.25) is 5.02 Å². The van der Waals surface area contributed by atoms with Crippen molar-refractivity contribution >= 4 is 46.8 Å². The van der Waals surface area contributed by atoms with Gasteiger partial charge in [0.2, 0.25) is 0 Å². The van der Waals surface area contributed by atoms with E-state index in [2.05, 4.69) is 10.7 Å². The van der Waals surface area contributed by atoms with Crippen molar-refractivity contribution in [1.82, 2.24) is 5.43 Å². The van der Waals surface area contributed by atoms with Gasteiger partial charge in [-0.25, -0.2) is 9.40 Å². The van der Waals surface area contributed by atoms with E-state index >= 15 is 0 Å². The summed E-state index contributed by atoms with van der Waals surface area (Å²) >= 11 is 6.41. The van der Waals surface area contributed by atoms with Crippen molar-refractivity contribution in [3.8, 4) is 11.5 Å². The van der Waals surface area contributed by atoms with Crippen LogP contribution in [0.1, 0.15) is 12.5 Å². The minimum absolute atomic E-state index is 0.0790. The van der Waals surface area contributed by atoms with Crippen LogP contribution in [0.5, 0.6) is 11.5 Å². The molecule has 1 aliphatic rings. The Morgan fingerprint density at radius 3 is 2.50 bits per heavy atom. The van der Waals surface area contributed by atoms with Gasteiger partial charge < -0.3 is 14.8 Å². The van der Waals surface area contributed by atoms with E-state index < -0.39 is 23.5 Å². The number of hydrogen-bond donors (Lipinski definition) is 2. The van der Waals surface area contributed by atoms with Crippen LogP contribution >= 0.6 is 11.6 Å². The van der Waals surface area contributed by atoms with Crippen molar-refractivity contribution in [1.29, 1.82) is 0 Å². The van der Waals surface area contributed by atoms with Gasteiger partial charge >= 0.3 is 0 Å². The number of halogens is 2. The molecule has 3 amide bonds. The fraction of sp³-hybridized carbons (Fsp3) is 0.115. The van der Waals surface area contributed by atoms with Crippen LogP contribution in [0.25, 0.3) is 6.08 Å². The van der Waals surface area contributed by atoms with Crippen molar-refractivity contribution in [3.05, 3.63) is 88.7 Å². The Balaban J connectivity index is 1.52. The quantitative estimate of drug-likeness (QED) is 0.347. The molecule has 0 bridgehead atoms. The zero-order valence-electron chi connectivity index (χ0n) is 19.1. The standard InChI is InChI=1S/C26H21ClFN3O5/c1-2-35-22-14-16(12-20-25(33)30-31(26(20)34)19-6-4-3-5-7-19)13-21(27)24(22)36-15-23(32)29-18-10-8-17(28)9-11-18/h3-14H,2,15H2,1H3,(H,29,32)(H,30,33)/b20-12-. The zero-order valence-corrected chi connectivity index (χ0v) is 19.8. The molecule has 8 nitrogen and oxygen atoms in total. The van der Waals surface area contributed by atoms with E-state index in [1.807, 2.05) is 0 Å². The van der Waals surface area contributed by atoms with Gasteiger partial charge in [-0.1, -0.05) is 29.8 Å². The maximum absolute atomic E-state index is 13.0. The van der Waals surface area contributed by atoms with Gasteiger partial charge in [-0.15, -0.1) is 0 Å². The van der Waals surface area contributed by atoms with Gasteiger partial charge in [0, 0.05) is 5.69 Å². The summed E-state index contributed by atoms with van der Waals surface area (Å²) in [5.74, 6) is -1.62. The molecule has 0 spiro atoms. The summed E-state index contributed by atoms with van der Waals surface area (Å²) in [5, 5.41) is 3.87. The van der Waals surface area contributed by atoms with Gasteiger partial charge in [0.15, 0.2) is 18.1 Å². The maximum Gasteiger partial charge on any atom is 0.282 e. The number of hydrogen-bond acceptors (Lipinski definition) is 5. The SMILES string of the molecule is CCOc1cc(/C=C2/C(=O)NN(c3ccccc3)C2=O)cc(Cl)c1OCC(=O)Nc1ccc(F)cc1. The number of nitrogens with one attached hydrogen (secondary N) is 2. The first kappa shape index (κ1) is 24.7. The van der Waals surface area contributed by atoms with Crippen molar-refractivity contribution in [2.75, 3.05) is 23.5 Å². The van der Waals surface area contributed by atoms with E-state index in [1.165, 1.54) is 36.4 Å². The Morgan fingerprint density at radius 1 is 1.08 bits per heavy atom. The lowest BCUT2D eigenvalue weighted by atomic mass is 10.1. The molecule has 10 heteroatoms. The molecular formula is C26H21ClFN3O5. The average Bonchev–Trinajstić information content (AvgIpc) is 3.14. The minimum atomic E-state index is -0.560. The lowest BCUT2D eigenvalue weighted by Crippen LogP contribution is -2.35. The van der Waals surface area contributed by atoms with Crippen LogP contribution in [-0.2, 0) is 14.4 Å². The summed E-state index contributed by atoms with van der Waals surface area (Å²) in [7, 11) is 0. The largest absolute Gasteiger partial charge is 0.490 e. The third-order valence-electron chi connectivity index (χ3n) is 5.02. The number of carbonyl (C=O) groups is 3. The molecule has 2 N–H and O–H groups in total. The van der Waals surface area contributed by atoms with Crippen molar-refractivity contribution in [2.45, 2.75) is 6.92 Å². The number of benzene rings is 3. The third-order valence-corrected chi connectivity index (χ3v) is 5.30. The molecule has 184 valence electrons. The summed E-state index contributed by atoms with van der Waals surface area (Å²) in [6.45, 7) is 1.65. The first-order valence-electron chi connectivity index (χ1n) is 10.9. The number of hydrazine groups is 1. The molecule has 0 radical (unpaired) electrons. The smallest absolute Gasteiger partial charge is 0.282 e. The molecule has 3 aromatic rings. The lowest BCUT2D eigenvalue weighted by molar-refractivity contribution is -0.118. The molecule has 0 atom stereocenters. The Kier molecular flexibility index (Phi) is 7.50. The predicted molar refractivity (Wildman–Crippen MR) is 133 cm³/mol. The average molecular weight is 510 g/mol. The second-order valence-electron chi connectivity index (χ2n) is 7.58. The Labute approximate surface area is 211 Å². The van der Waals surface area contributed by atoms with Gasteiger partial charge in [0.25, 0.3) is 17.7 Å². The van der Waals surface area contributed by atoms with Crippen LogP contribution in [0, 0.1) is 5.82 Å². The van der Waals surface area contributed by atoms with Gasteiger partial charge in [-0.2, -0.15) is 0 Å². The summed E-state index contributed by atoms with van der Waals surface area (Å²) in [6.07, 6.45) is 1.40. The Hall–Kier alpha value is -4.37. The van der Waals surface area contributed by atoms with Crippen LogP contribution in [0.15, 0.2) is 72.3 Å². The zero-order chi connectivity index (χ0) is 25.7. The van der Waals surface area contributed by atoms with Crippen LogP contribution < -0.4 is 25.2 Å². The molecule has 1 saturated heterocycles. The highest BCUT2D eigenvalue weighted by molar-refractivity contribution is 6.33. The van der Waals surface area contributed by atoms with Crippen molar-refractivity contribution < 1.29 is 28.2 Å². The van der Waals surface area contributed by atoms with Crippen LogP contribution in [0.4, 0.5) is 15.8 Å². The molecular weight excluding hydrogens is 489 g/mol.